The molecule has 0 spiro atoms. The van der Waals surface area contributed by atoms with Gasteiger partial charge >= 0.3 is 0 Å². The Morgan fingerprint density at radius 3 is 2.40 bits per heavy atom. The highest BCUT2D eigenvalue weighted by Gasteiger charge is 2.08. The van der Waals surface area contributed by atoms with E-state index in [9.17, 15) is 4.79 Å². The Bertz CT molecular complexity index is 549. The van der Waals surface area contributed by atoms with Crippen LogP contribution in [0.25, 0.3) is 10.8 Å². The van der Waals surface area contributed by atoms with E-state index in [1.165, 1.54) is 0 Å². The van der Waals surface area contributed by atoms with E-state index in [4.69, 9.17) is 0 Å². The van der Waals surface area contributed by atoms with Crippen LogP contribution in [0.1, 0.15) is 10.4 Å². The molecule has 2 aromatic carbocycles. The summed E-state index contributed by atoms with van der Waals surface area (Å²) in [5, 5.41) is 2.09. The molecule has 0 heterocycles. The molecule has 0 unspecified atom stereocenters. The Morgan fingerprint density at radius 2 is 1.73 bits per heavy atom. The fourth-order valence-electron chi connectivity index (χ4n) is 1.42. The summed E-state index contributed by atoms with van der Waals surface area (Å²) in [5.41, 5.74) is 0.650. The smallest absolute Gasteiger partial charge is 0.151 e. The van der Waals surface area contributed by atoms with E-state index in [1.54, 1.807) is 0 Å². The lowest BCUT2D eigenvalue weighted by Crippen LogP contribution is -1.86. The van der Waals surface area contributed by atoms with Crippen LogP contribution in [0.15, 0.2) is 37.7 Å². The summed E-state index contributed by atoms with van der Waals surface area (Å²) >= 11 is 10.3. The molecule has 76 valence electrons. The number of benzene rings is 2. The number of rotatable bonds is 1. The molecule has 0 aliphatic rings. The van der Waals surface area contributed by atoms with Crippen molar-refractivity contribution in [1.82, 2.24) is 0 Å². The molecule has 0 radical (unpaired) electrons. The van der Waals surface area contributed by atoms with Crippen LogP contribution in [-0.2, 0) is 0 Å². The predicted octanol–water partition coefficient (Wildman–Crippen LogP) is 4.94. The summed E-state index contributed by atoms with van der Waals surface area (Å²) in [5.74, 6) is 0. The van der Waals surface area contributed by atoms with E-state index in [0.717, 1.165) is 30.5 Å². The second kappa shape index (κ2) is 4.36. The number of carbonyl (C=O) groups excluding carboxylic acids is 1. The van der Waals surface area contributed by atoms with Crippen LogP contribution in [0.4, 0.5) is 0 Å². The number of carbonyl (C=O) groups is 1. The fraction of sp³-hybridized carbons (Fsp3) is 0. The van der Waals surface area contributed by atoms with Gasteiger partial charge in [0.15, 0.2) is 6.29 Å². The number of halogens is 3. The molecule has 0 saturated heterocycles. The molecule has 0 fully saturated rings. The Labute approximate surface area is 112 Å². The summed E-state index contributed by atoms with van der Waals surface area (Å²) in [6, 6.07) is 7.75. The Morgan fingerprint density at radius 1 is 1.00 bits per heavy atom. The van der Waals surface area contributed by atoms with E-state index in [0.29, 0.717) is 5.56 Å². The molecule has 0 aliphatic heterocycles. The summed E-state index contributed by atoms with van der Waals surface area (Å²) < 4.78 is 2.77. The van der Waals surface area contributed by atoms with E-state index >= 15 is 0 Å². The van der Waals surface area contributed by atoms with E-state index in [2.05, 4.69) is 47.8 Å². The first-order valence-corrected chi connectivity index (χ1v) is 6.54. The Kier molecular flexibility index (Phi) is 3.28. The maximum atomic E-state index is 10.8. The lowest BCUT2D eigenvalue weighted by atomic mass is 10.1. The average molecular weight is 393 g/mol. The van der Waals surface area contributed by atoms with Crippen LogP contribution < -0.4 is 0 Å². The van der Waals surface area contributed by atoms with Crippen molar-refractivity contribution in [3.63, 3.8) is 0 Å². The third-order valence-corrected chi connectivity index (χ3v) is 4.17. The molecule has 15 heavy (non-hydrogen) atoms. The Hall–Kier alpha value is -0.190. The first kappa shape index (κ1) is 11.3. The number of aldehydes is 1. The van der Waals surface area contributed by atoms with Gasteiger partial charge in [-0.25, -0.2) is 0 Å². The largest absolute Gasteiger partial charge is 0.298 e. The summed E-state index contributed by atoms with van der Waals surface area (Å²) in [6.07, 6.45) is 0.844. The summed E-state index contributed by atoms with van der Waals surface area (Å²) in [6.45, 7) is 0. The minimum absolute atomic E-state index is 0.650. The quantitative estimate of drug-likeness (QED) is 0.628. The van der Waals surface area contributed by atoms with Crippen LogP contribution in [0.2, 0.25) is 0 Å². The molecule has 0 bridgehead atoms. The fourth-order valence-corrected chi connectivity index (χ4v) is 2.91. The monoisotopic (exact) mass is 390 g/mol. The molecule has 0 aliphatic carbocycles. The molecule has 0 amide bonds. The molecule has 4 heteroatoms. The lowest BCUT2D eigenvalue weighted by molar-refractivity contribution is 0.112. The second-order valence-electron chi connectivity index (χ2n) is 3.07. The standard InChI is InChI=1S/C11H5Br3O/c12-7-1-2-8-9(4-7)10(13)3-6(5-15)11(8)14/h1-5H. The normalized spacial score (nSPS) is 10.6. The molecule has 1 nitrogen and oxygen atoms in total. The van der Waals surface area contributed by atoms with Crippen LogP contribution >= 0.6 is 47.8 Å². The maximum Gasteiger partial charge on any atom is 0.151 e. The van der Waals surface area contributed by atoms with Crippen molar-refractivity contribution in [3.8, 4) is 0 Å². The highest BCUT2D eigenvalue weighted by Crippen LogP contribution is 2.34. The van der Waals surface area contributed by atoms with Crippen LogP contribution in [0.5, 0.6) is 0 Å². The van der Waals surface area contributed by atoms with Crippen molar-refractivity contribution in [2.75, 3.05) is 0 Å². The van der Waals surface area contributed by atoms with Crippen LogP contribution in [-0.4, -0.2) is 6.29 Å². The number of fused-ring (bicyclic) bond motifs is 1. The highest BCUT2D eigenvalue weighted by molar-refractivity contribution is 9.11. The van der Waals surface area contributed by atoms with E-state index < -0.39 is 0 Å². The minimum Gasteiger partial charge on any atom is -0.298 e. The van der Waals surface area contributed by atoms with Gasteiger partial charge in [-0.15, -0.1) is 0 Å². The lowest BCUT2D eigenvalue weighted by Gasteiger charge is -2.06. The number of hydrogen-bond acceptors (Lipinski definition) is 1. The van der Waals surface area contributed by atoms with Gasteiger partial charge in [0.05, 0.1) is 0 Å². The molecule has 0 saturated carbocycles. The van der Waals surface area contributed by atoms with Gasteiger partial charge in [0.2, 0.25) is 0 Å². The van der Waals surface area contributed by atoms with Crippen LogP contribution in [0, 0.1) is 0 Å². The average Bonchev–Trinajstić information content (AvgIpc) is 2.23. The topological polar surface area (TPSA) is 17.1 Å². The zero-order chi connectivity index (χ0) is 11.0. The van der Waals surface area contributed by atoms with Crippen molar-refractivity contribution < 1.29 is 4.79 Å². The third kappa shape index (κ3) is 2.03. The molecular weight excluding hydrogens is 388 g/mol. The summed E-state index contributed by atoms with van der Waals surface area (Å²) in [4.78, 5) is 10.8. The Balaban J connectivity index is 2.92. The molecular formula is C11H5Br3O. The van der Waals surface area contributed by atoms with Crippen molar-refractivity contribution in [3.05, 3.63) is 43.2 Å². The van der Waals surface area contributed by atoms with Gasteiger partial charge in [0.1, 0.15) is 0 Å². The minimum atomic E-state index is 0.650. The van der Waals surface area contributed by atoms with Gasteiger partial charge in [-0.2, -0.15) is 0 Å². The zero-order valence-corrected chi connectivity index (χ0v) is 12.2. The molecule has 2 aromatic rings. The second-order valence-corrected chi connectivity index (χ2v) is 5.63. The molecule has 0 N–H and O–H groups in total. The van der Waals surface area contributed by atoms with Crippen molar-refractivity contribution in [2.24, 2.45) is 0 Å². The molecule has 0 aromatic heterocycles. The van der Waals surface area contributed by atoms with Gasteiger partial charge < -0.3 is 0 Å². The van der Waals surface area contributed by atoms with Crippen molar-refractivity contribution in [1.29, 1.82) is 0 Å². The van der Waals surface area contributed by atoms with Gasteiger partial charge in [-0.3, -0.25) is 4.79 Å². The SMILES string of the molecule is O=Cc1cc(Br)c2cc(Br)ccc2c1Br. The van der Waals surface area contributed by atoms with E-state index in [-0.39, 0.29) is 0 Å². The molecule has 2 rings (SSSR count). The van der Waals surface area contributed by atoms with Gasteiger partial charge in [0.25, 0.3) is 0 Å². The first-order chi connectivity index (χ1) is 7.13. The van der Waals surface area contributed by atoms with Crippen molar-refractivity contribution in [2.45, 2.75) is 0 Å². The third-order valence-electron chi connectivity index (χ3n) is 2.14. The summed E-state index contributed by atoms with van der Waals surface area (Å²) in [7, 11) is 0. The predicted molar refractivity (Wildman–Crippen MR) is 72.4 cm³/mol. The van der Waals surface area contributed by atoms with Crippen molar-refractivity contribution >= 4 is 64.8 Å². The first-order valence-electron chi connectivity index (χ1n) is 4.16. The zero-order valence-electron chi connectivity index (χ0n) is 7.43. The van der Waals surface area contributed by atoms with Crippen LogP contribution in [0.3, 0.4) is 0 Å². The van der Waals surface area contributed by atoms with Gasteiger partial charge in [0, 0.05) is 19.0 Å². The highest BCUT2D eigenvalue weighted by atomic mass is 79.9. The van der Waals surface area contributed by atoms with Gasteiger partial charge in [-0.05, 0) is 44.9 Å². The van der Waals surface area contributed by atoms with Gasteiger partial charge in [-0.1, -0.05) is 37.9 Å². The molecule has 0 atom stereocenters. The number of hydrogen-bond donors (Lipinski definition) is 0. The van der Waals surface area contributed by atoms with E-state index in [1.807, 2.05) is 24.3 Å². The maximum absolute atomic E-state index is 10.8.